The molecule has 11 nitrogen and oxygen atoms in total. The lowest BCUT2D eigenvalue weighted by Gasteiger charge is -2.28. The van der Waals surface area contributed by atoms with E-state index in [1.165, 1.54) is 19.3 Å². The van der Waals surface area contributed by atoms with Gasteiger partial charge in [-0.05, 0) is 38.1 Å². The van der Waals surface area contributed by atoms with Crippen LogP contribution in [0.4, 0.5) is 0 Å². The standard InChI is InChI=1S/C19H24ClN3OS.C6H8O7/c1-22(10-11-23-8-3-2-4-9-23)18(24)13-17-14-25-19(21-17)15-6-5-7-16(20)12-15;7-3(8)1-6(13,5(11)12)2-4(9)10/h5-7,12,14H,2-4,8-11,13H2,1H3;13H,1-2H2,(H,7,8)(H,9,10)(H,11,12). The van der Waals surface area contributed by atoms with Gasteiger partial charge < -0.3 is 30.2 Å². The van der Waals surface area contributed by atoms with E-state index in [9.17, 15) is 19.2 Å². The number of hydrogen-bond donors (Lipinski definition) is 4. The van der Waals surface area contributed by atoms with Crippen molar-refractivity contribution in [2.45, 2.75) is 44.1 Å². The lowest BCUT2D eigenvalue weighted by Crippen LogP contribution is -2.42. The Morgan fingerprint density at radius 3 is 2.26 bits per heavy atom. The molecule has 208 valence electrons. The molecule has 38 heavy (non-hydrogen) atoms. The van der Waals surface area contributed by atoms with E-state index in [0.29, 0.717) is 11.4 Å². The topological polar surface area (TPSA) is 169 Å². The van der Waals surface area contributed by atoms with Crippen molar-refractivity contribution >= 4 is 46.8 Å². The molecule has 2 aromatic rings. The maximum atomic E-state index is 12.4. The maximum absolute atomic E-state index is 12.4. The Labute approximate surface area is 229 Å². The van der Waals surface area contributed by atoms with Gasteiger partial charge in [-0.15, -0.1) is 11.3 Å². The fourth-order valence-electron chi connectivity index (χ4n) is 3.75. The van der Waals surface area contributed by atoms with Crippen LogP contribution in [0.2, 0.25) is 5.02 Å². The maximum Gasteiger partial charge on any atom is 0.336 e. The molecule has 1 aliphatic rings. The second-order valence-electron chi connectivity index (χ2n) is 9.03. The van der Waals surface area contributed by atoms with Crippen LogP contribution in [0.15, 0.2) is 29.6 Å². The van der Waals surface area contributed by atoms with Gasteiger partial charge >= 0.3 is 17.9 Å². The number of carbonyl (C=O) groups excluding carboxylic acids is 1. The number of thiazole rings is 1. The van der Waals surface area contributed by atoms with E-state index in [0.717, 1.165) is 42.4 Å². The predicted octanol–water partition coefficient (Wildman–Crippen LogP) is 2.70. The first-order valence-corrected chi connectivity index (χ1v) is 13.2. The van der Waals surface area contributed by atoms with Gasteiger partial charge in [-0.2, -0.15) is 0 Å². The van der Waals surface area contributed by atoms with Gasteiger partial charge in [-0.3, -0.25) is 14.4 Å². The summed E-state index contributed by atoms with van der Waals surface area (Å²) in [5.74, 6) is -4.89. The number of nitrogens with zero attached hydrogens (tertiary/aromatic N) is 3. The van der Waals surface area contributed by atoms with Crippen molar-refractivity contribution in [1.29, 1.82) is 0 Å². The van der Waals surface area contributed by atoms with Crippen LogP contribution in [0.25, 0.3) is 10.6 Å². The molecule has 1 aliphatic heterocycles. The van der Waals surface area contributed by atoms with Gasteiger partial charge in [0.05, 0.1) is 25.0 Å². The van der Waals surface area contributed by atoms with E-state index in [1.807, 2.05) is 41.6 Å². The molecule has 13 heteroatoms. The summed E-state index contributed by atoms with van der Waals surface area (Å²) < 4.78 is 0. The average Bonchev–Trinajstić information content (AvgIpc) is 3.31. The minimum Gasteiger partial charge on any atom is -0.481 e. The minimum atomic E-state index is -2.74. The number of likely N-dealkylation sites (N-methyl/N-ethyl adjacent to an activating group) is 1. The molecule has 1 aromatic carbocycles. The Bertz CT molecular complexity index is 1100. The smallest absolute Gasteiger partial charge is 0.336 e. The number of aliphatic carboxylic acids is 3. The van der Waals surface area contributed by atoms with Gasteiger partial charge in [0, 0.05) is 36.1 Å². The van der Waals surface area contributed by atoms with Crippen LogP contribution in [-0.2, 0) is 25.6 Å². The summed E-state index contributed by atoms with van der Waals surface area (Å²) >= 11 is 7.59. The number of benzene rings is 1. The van der Waals surface area contributed by atoms with Gasteiger partial charge in [0.15, 0.2) is 5.60 Å². The molecule has 1 aromatic heterocycles. The fourth-order valence-corrected chi connectivity index (χ4v) is 4.75. The third-order valence-corrected chi connectivity index (χ3v) is 7.04. The number of likely N-dealkylation sites (tertiary alicyclic amines) is 1. The first kappa shape index (κ1) is 31.2. The van der Waals surface area contributed by atoms with Gasteiger partial charge in [0.2, 0.25) is 5.91 Å². The molecule has 1 fully saturated rings. The summed E-state index contributed by atoms with van der Waals surface area (Å²) in [6.07, 6.45) is 1.96. The fraction of sp³-hybridized carbons (Fsp3) is 0.480. The Kier molecular flexibility index (Phi) is 12.1. The summed E-state index contributed by atoms with van der Waals surface area (Å²) in [5.41, 5.74) is -0.915. The summed E-state index contributed by atoms with van der Waals surface area (Å²) in [5, 5.41) is 37.4. The van der Waals surface area contributed by atoms with E-state index < -0.39 is 36.4 Å². The van der Waals surface area contributed by atoms with Gasteiger partial charge in [0.1, 0.15) is 5.01 Å². The van der Waals surface area contributed by atoms with E-state index in [4.69, 9.17) is 32.0 Å². The largest absolute Gasteiger partial charge is 0.481 e. The van der Waals surface area contributed by atoms with Crippen molar-refractivity contribution in [3.63, 3.8) is 0 Å². The minimum absolute atomic E-state index is 0.125. The Hall–Kier alpha value is -3.06. The van der Waals surface area contributed by atoms with Crippen molar-refractivity contribution in [3.05, 3.63) is 40.4 Å². The summed E-state index contributed by atoms with van der Waals surface area (Å²) in [6, 6.07) is 7.65. The lowest BCUT2D eigenvalue weighted by atomic mass is 9.96. The molecule has 0 atom stereocenters. The third-order valence-electron chi connectivity index (χ3n) is 5.87. The quantitative estimate of drug-likeness (QED) is 0.315. The van der Waals surface area contributed by atoms with Crippen LogP contribution in [0.5, 0.6) is 0 Å². The number of piperidine rings is 1. The molecular weight excluding hydrogens is 538 g/mol. The highest BCUT2D eigenvalue weighted by Crippen LogP contribution is 2.26. The number of halogens is 1. The number of aromatic nitrogens is 1. The molecule has 3 rings (SSSR count). The van der Waals surface area contributed by atoms with Crippen molar-refractivity contribution in [2.24, 2.45) is 0 Å². The Balaban J connectivity index is 0.000000332. The number of hydrogen-bond acceptors (Lipinski definition) is 8. The molecular formula is C25H32ClN3O8S. The average molecular weight is 570 g/mol. The zero-order chi connectivity index (χ0) is 28.3. The first-order valence-electron chi connectivity index (χ1n) is 12.0. The number of carbonyl (C=O) groups is 4. The zero-order valence-corrected chi connectivity index (χ0v) is 22.6. The Morgan fingerprint density at radius 1 is 1.08 bits per heavy atom. The van der Waals surface area contributed by atoms with Gasteiger partial charge in [0.25, 0.3) is 0 Å². The molecule has 0 spiro atoms. The highest BCUT2D eigenvalue weighted by Gasteiger charge is 2.40. The van der Waals surface area contributed by atoms with Crippen LogP contribution >= 0.6 is 22.9 Å². The molecule has 2 heterocycles. The van der Waals surface area contributed by atoms with Crippen LogP contribution in [0.3, 0.4) is 0 Å². The molecule has 1 saturated heterocycles. The van der Waals surface area contributed by atoms with E-state index in [-0.39, 0.29) is 5.91 Å². The number of aliphatic hydroxyl groups is 1. The van der Waals surface area contributed by atoms with Crippen LogP contribution in [-0.4, -0.2) is 97.9 Å². The normalized spacial score (nSPS) is 13.8. The SMILES string of the molecule is CN(CCN1CCCCC1)C(=O)Cc1csc(-c2cccc(Cl)c2)n1.O=C(O)CC(O)(CC(=O)O)C(=O)O. The Morgan fingerprint density at radius 2 is 1.71 bits per heavy atom. The molecule has 0 saturated carbocycles. The van der Waals surface area contributed by atoms with Crippen molar-refractivity contribution in [2.75, 3.05) is 33.2 Å². The second-order valence-corrected chi connectivity index (χ2v) is 10.3. The summed E-state index contributed by atoms with van der Waals surface area (Å²) in [4.78, 5) is 51.8. The predicted molar refractivity (Wildman–Crippen MR) is 141 cm³/mol. The van der Waals surface area contributed by atoms with Crippen LogP contribution < -0.4 is 0 Å². The summed E-state index contributed by atoms with van der Waals surface area (Å²) in [7, 11) is 1.89. The van der Waals surface area contributed by atoms with Crippen molar-refractivity contribution in [3.8, 4) is 10.6 Å². The number of rotatable bonds is 11. The number of carboxylic acid groups (broad SMARTS) is 3. The van der Waals surface area contributed by atoms with Crippen LogP contribution in [0, 0.1) is 0 Å². The number of carboxylic acids is 3. The third kappa shape index (κ3) is 10.4. The highest BCUT2D eigenvalue weighted by molar-refractivity contribution is 7.13. The lowest BCUT2D eigenvalue weighted by molar-refractivity contribution is -0.170. The van der Waals surface area contributed by atoms with E-state index in [1.54, 1.807) is 11.3 Å². The van der Waals surface area contributed by atoms with E-state index >= 15 is 0 Å². The van der Waals surface area contributed by atoms with Gasteiger partial charge in [-0.25, -0.2) is 9.78 Å². The second kappa shape index (κ2) is 14.8. The van der Waals surface area contributed by atoms with Gasteiger partial charge in [-0.1, -0.05) is 30.2 Å². The molecule has 0 radical (unpaired) electrons. The molecule has 0 aliphatic carbocycles. The monoisotopic (exact) mass is 569 g/mol. The highest BCUT2D eigenvalue weighted by atomic mass is 35.5. The molecule has 0 bridgehead atoms. The molecule has 0 unspecified atom stereocenters. The van der Waals surface area contributed by atoms with E-state index in [2.05, 4.69) is 9.88 Å². The number of amides is 1. The zero-order valence-electron chi connectivity index (χ0n) is 21.0. The first-order chi connectivity index (χ1) is 17.9. The molecule has 4 N–H and O–H groups in total. The van der Waals surface area contributed by atoms with Crippen molar-refractivity contribution in [1.82, 2.24) is 14.8 Å². The van der Waals surface area contributed by atoms with Crippen molar-refractivity contribution < 1.29 is 39.6 Å². The summed E-state index contributed by atoms with van der Waals surface area (Å²) in [6.45, 7) is 4.07. The molecule has 1 amide bonds. The van der Waals surface area contributed by atoms with Crippen LogP contribution in [0.1, 0.15) is 37.8 Å².